The second kappa shape index (κ2) is 31.8. The fourth-order valence-corrected chi connectivity index (χ4v) is 20.6. The number of hydrogen-bond acceptors (Lipinski definition) is 37. The molecule has 4 saturated carbocycles. The third-order valence-electron chi connectivity index (χ3n) is 27.2. The van der Waals surface area contributed by atoms with Crippen molar-refractivity contribution in [1.82, 2.24) is 0 Å². The SMILES string of the molecule is COC(=O)[C@@]1(C)[C@@H]2CC[C@]3(C)[C@H](CC=C4[C@@H]5CC(C)(C)CC[C@]5(C(=O)O[C@@H]5O[C@H](C)[C@H](O)[C@H](O[C@@H]6O[C@@H](C)[C@H](O)[C@@H](O)[C@H]6O)[C@H]5O[C@@H]5O[C@@H](C)[C@H](O[C@@H]6OC[C@@H](O[C@@H]7O[C@H](CO)[C@H](O)[C@H](O)[C@H]7O)[C@H](O)[C@H]6O)[C@@H](O[C@@H]6OC[C@](O)(CO)[C@H]6O)[C@H]5O)CC[C@]43CO)[C@@]2(C)C[C@H](O)[C@@H]1O[C@@H]1O[C@H](CO)[C@@H](O)[C@H](O)[C@H]1O. The first kappa shape index (κ1) is 84.7. The van der Waals surface area contributed by atoms with E-state index < -0.39 is 304 Å². The average Bonchev–Trinajstić information content (AvgIpc) is 0.685. The van der Waals surface area contributed by atoms with Crippen LogP contribution in [0.5, 0.6) is 0 Å². The molecule has 620 valence electrons. The van der Waals surface area contributed by atoms with Gasteiger partial charge in [0.25, 0.3) is 0 Å². The zero-order chi connectivity index (χ0) is 78.9. The molecule has 0 amide bonds. The van der Waals surface area contributed by atoms with Crippen LogP contribution in [0.25, 0.3) is 0 Å². The molecule has 108 heavy (non-hydrogen) atoms. The lowest BCUT2D eigenvalue weighted by atomic mass is 9.33. The van der Waals surface area contributed by atoms with Crippen LogP contribution in [0, 0.1) is 50.2 Å². The third kappa shape index (κ3) is 14.2. The number of fused-ring (bicyclic) bond motifs is 7. The number of esters is 2. The van der Waals surface area contributed by atoms with Gasteiger partial charge in [-0.25, -0.2) is 0 Å². The Kier molecular flexibility index (Phi) is 24.9. The minimum Gasteiger partial charge on any atom is -0.469 e. The lowest BCUT2D eigenvalue weighted by molar-refractivity contribution is -0.398. The van der Waals surface area contributed by atoms with Crippen LogP contribution >= 0.6 is 0 Å². The number of ether oxygens (including phenoxy) is 15. The Morgan fingerprint density at radius 1 is 0.491 bits per heavy atom. The first-order chi connectivity index (χ1) is 50.7. The molecule has 0 aromatic rings. The van der Waals surface area contributed by atoms with E-state index in [1.165, 1.54) is 27.9 Å². The minimum atomic E-state index is -2.32. The number of carbonyl (C=O) groups excluding carboxylic acids is 2. The van der Waals surface area contributed by atoms with Crippen molar-refractivity contribution >= 4 is 11.9 Å². The molecule has 0 spiro atoms. The average molecular weight is 1560 g/mol. The fourth-order valence-electron chi connectivity index (χ4n) is 20.6. The zero-order valence-corrected chi connectivity index (χ0v) is 61.9. The monoisotopic (exact) mass is 1560 g/mol. The maximum absolute atomic E-state index is 16.3. The minimum absolute atomic E-state index is 0.0272. The van der Waals surface area contributed by atoms with Gasteiger partial charge in [0.15, 0.2) is 43.8 Å². The Hall–Kier alpha value is -2.64. The summed E-state index contributed by atoms with van der Waals surface area (Å²) in [5, 5.41) is 223. The Morgan fingerprint density at radius 2 is 1.02 bits per heavy atom. The lowest BCUT2D eigenvalue weighted by Gasteiger charge is -2.71. The van der Waals surface area contributed by atoms with Crippen LogP contribution in [0.15, 0.2) is 11.6 Å². The van der Waals surface area contributed by atoms with Crippen molar-refractivity contribution in [2.45, 2.75) is 322 Å². The van der Waals surface area contributed by atoms with E-state index in [4.69, 9.17) is 71.1 Å². The summed E-state index contributed by atoms with van der Waals surface area (Å²) in [6.07, 6.45) is -53.8. The van der Waals surface area contributed by atoms with Gasteiger partial charge in [0.1, 0.15) is 134 Å². The number of rotatable bonds is 19. The van der Waals surface area contributed by atoms with Gasteiger partial charge in [-0.15, -0.1) is 0 Å². The van der Waals surface area contributed by atoms with Crippen LogP contribution in [0.2, 0.25) is 0 Å². The maximum atomic E-state index is 16.3. The van der Waals surface area contributed by atoms with Crippen molar-refractivity contribution in [3.63, 3.8) is 0 Å². The molecule has 0 unspecified atom stereocenters. The first-order valence-corrected chi connectivity index (χ1v) is 37.5. The first-order valence-electron chi connectivity index (χ1n) is 37.5. The molecule has 11 fully saturated rings. The van der Waals surface area contributed by atoms with Crippen LogP contribution in [-0.2, 0) is 80.6 Å². The van der Waals surface area contributed by atoms with Crippen molar-refractivity contribution in [2.75, 3.05) is 46.8 Å². The van der Waals surface area contributed by atoms with E-state index in [1.54, 1.807) is 6.92 Å². The zero-order valence-electron chi connectivity index (χ0n) is 61.9. The van der Waals surface area contributed by atoms with Crippen LogP contribution in [0.4, 0.5) is 0 Å². The van der Waals surface area contributed by atoms with Crippen molar-refractivity contribution in [3.8, 4) is 0 Å². The molecule has 0 aromatic heterocycles. The van der Waals surface area contributed by atoms with E-state index in [0.29, 0.717) is 32.1 Å². The number of aliphatic hydroxyl groups excluding tert-OH is 19. The van der Waals surface area contributed by atoms with E-state index >= 15 is 4.79 Å². The van der Waals surface area contributed by atoms with Crippen LogP contribution < -0.4 is 0 Å². The molecule has 20 N–H and O–H groups in total. The molecule has 12 aliphatic rings. The Balaban J connectivity index is 0.851. The third-order valence-corrected chi connectivity index (χ3v) is 27.2. The molecule has 42 atom stereocenters. The quantitative estimate of drug-likeness (QED) is 0.0325. The number of aliphatic hydroxyl groups is 20. The summed E-state index contributed by atoms with van der Waals surface area (Å²) >= 11 is 0. The molecular weight excluding hydrogens is 1440 g/mol. The highest BCUT2D eigenvalue weighted by molar-refractivity contribution is 5.79. The smallest absolute Gasteiger partial charge is 0.315 e. The van der Waals surface area contributed by atoms with Gasteiger partial charge in [-0.2, -0.15) is 0 Å². The molecule has 12 rings (SSSR count). The summed E-state index contributed by atoms with van der Waals surface area (Å²) in [6, 6.07) is 0. The van der Waals surface area contributed by atoms with Crippen molar-refractivity contribution in [2.24, 2.45) is 50.2 Å². The van der Waals surface area contributed by atoms with E-state index in [0.717, 1.165) is 5.57 Å². The molecule has 0 bridgehead atoms. The van der Waals surface area contributed by atoms with E-state index in [1.807, 2.05) is 6.92 Å². The molecule has 0 radical (unpaired) electrons. The van der Waals surface area contributed by atoms with Crippen LogP contribution in [0.3, 0.4) is 0 Å². The van der Waals surface area contributed by atoms with Crippen molar-refractivity contribution < 1.29 is 183 Å². The molecule has 7 saturated heterocycles. The van der Waals surface area contributed by atoms with Gasteiger partial charge in [-0.1, -0.05) is 39.3 Å². The maximum Gasteiger partial charge on any atom is 0.315 e. The molecule has 7 heterocycles. The highest BCUT2D eigenvalue weighted by atomic mass is 16.8. The fraction of sp³-hybridized carbons (Fsp3) is 0.944. The van der Waals surface area contributed by atoms with E-state index in [9.17, 15) is 107 Å². The van der Waals surface area contributed by atoms with Gasteiger partial charge in [-0.3, -0.25) is 9.59 Å². The number of allylic oxidation sites excluding steroid dienone is 1. The van der Waals surface area contributed by atoms with Crippen molar-refractivity contribution in [3.05, 3.63) is 11.6 Å². The van der Waals surface area contributed by atoms with Gasteiger partial charge >= 0.3 is 11.9 Å². The van der Waals surface area contributed by atoms with Gasteiger partial charge in [0, 0.05) is 5.41 Å². The van der Waals surface area contributed by atoms with E-state index in [2.05, 4.69) is 26.8 Å². The predicted molar refractivity (Wildman–Crippen MR) is 354 cm³/mol. The number of hydrogen-bond donors (Lipinski definition) is 20. The normalized spacial score (nSPS) is 54.5. The van der Waals surface area contributed by atoms with Crippen molar-refractivity contribution in [1.29, 1.82) is 0 Å². The second-order valence-electron chi connectivity index (χ2n) is 33.9. The Labute approximate surface area is 622 Å². The van der Waals surface area contributed by atoms with Gasteiger partial charge in [-0.05, 0) is 119 Å². The largest absolute Gasteiger partial charge is 0.469 e. The summed E-state index contributed by atoms with van der Waals surface area (Å²) in [4.78, 5) is 30.8. The predicted octanol–water partition coefficient (Wildman–Crippen LogP) is -7.10. The summed E-state index contributed by atoms with van der Waals surface area (Å²) in [5.74, 6) is -3.20. The summed E-state index contributed by atoms with van der Waals surface area (Å²) < 4.78 is 91.2. The standard InChI is InChI=1S/C71H114O37/c1-26-37(77)42(82)46(86)57(97-26)104-51-38(78)27(2)98-61(53(51)106-60-49(89)52(105-62-54(90)71(93,24-75)25-96-62)50(28(3)99-60)103-56-45(85)41(81)34(22-95-56)102-58-47(87)43(83)39(79)32(20-72)100-58)108-64(92)69-15-14-65(4,5)18-30(69)29-10-11-35-66(6)19-31(76)55(107-59-48(88)44(84)40(80)33(21-73)101-59)68(8,63(91)94-9)36(66)12-13-67(35,7)70(29,23-74)17-16-69/h10,26-28,30-62,72-90,93H,11-25H2,1-9H3/t26-,27+,28-,30-,31-,32+,33+,34+,35+,36+,37-,38-,39-,40+,41-,42+,43-,44-,45+,46+,47+,48+,49+,50-,51-,52-,53+,54-,55-,56-,57-,58-,59-,60-,61-,62-,66+,67+,68-,69-,70-,71+/m0/s1. The Bertz CT molecular complexity index is 3140. The molecule has 37 heteroatoms. The topological polar surface area (TPSA) is 577 Å². The molecule has 5 aliphatic carbocycles. The Morgan fingerprint density at radius 3 is 1.62 bits per heavy atom. The lowest BCUT2D eigenvalue weighted by Crippen LogP contribution is -2.71. The van der Waals surface area contributed by atoms with Gasteiger partial charge < -0.3 is 173 Å². The highest BCUT2D eigenvalue weighted by Crippen LogP contribution is 2.76. The highest BCUT2D eigenvalue weighted by Gasteiger charge is 2.74. The summed E-state index contributed by atoms with van der Waals surface area (Å²) in [6.45, 7) is 9.65. The summed E-state index contributed by atoms with van der Waals surface area (Å²) in [5.41, 5.74) is -7.83. The second-order valence-corrected chi connectivity index (χ2v) is 33.9. The number of methoxy groups -OCH3 is 1. The van der Waals surface area contributed by atoms with Gasteiger partial charge in [0.2, 0.25) is 6.29 Å². The summed E-state index contributed by atoms with van der Waals surface area (Å²) in [7, 11) is 1.20. The number of carbonyl (C=O) groups is 2. The molecule has 0 aromatic carbocycles. The van der Waals surface area contributed by atoms with Crippen LogP contribution in [0.1, 0.15) is 113 Å². The molecule has 7 aliphatic heterocycles. The molecular formula is C71H114O37. The van der Waals surface area contributed by atoms with Gasteiger partial charge in [0.05, 0.1) is 82.0 Å². The van der Waals surface area contributed by atoms with Crippen LogP contribution in [-0.4, -0.2) is 369 Å². The van der Waals surface area contributed by atoms with E-state index in [-0.39, 0.29) is 31.6 Å². The molecule has 37 nitrogen and oxygen atoms in total.